The molecule has 0 unspecified atom stereocenters. The molecule has 0 aromatic rings. The maximum absolute atomic E-state index is 10.5. The molecule has 0 amide bonds. The third kappa shape index (κ3) is 55.0. The monoisotopic (exact) mass is 757 g/mol. The summed E-state index contributed by atoms with van der Waals surface area (Å²) in [4.78, 5) is 34.2. The Morgan fingerprint density at radius 1 is 0.280 bits per heavy atom. The lowest BCUT2D eigenvalue weighted by atomic mass is 10.0. The SMILES string of the molecule is CCCCCCCCCCCCCCCCCCCCOP(=O)(O)O.CCCCCCCCCCCCCCCCCCCCOP(=O)(O)O. The fourth-order valence-corrected chi connectivity index (χ4v) is 7.11. The molecular formula is C40H86O8P2. The topological polar surface area (TPSA) is 134 Å². The molecule has 0 radical (unpaired) electrons. The van der Waals surface area contributed by atoms with Gasteiger partial charge in [-0.05, 0) is 12.8 Å². The van der Waals surface area contributed by atoms with Crippen LogP contribution in [0.25, 0.3) is 0 Å². The average molecular weight is 757 g/mol. The molecule has 0 aromatic heterocycles. The number of hydrogen-bond acceptors (Lipinski definition) is 4. The minimum Gasteiger partial charge on any atom is -0.303 e. The molecule has 0 aliphatic heterocycles. The summed E-state index contributed by atoms with van der Waals surface area (Å²) in [5, 5.41) is 0. The van der Waals surface area contributed by atoms with Crippen LogP contribution in [0.2, 0.25) is 0 Å². The first-order valence-electron chi connectivity index (χ1n) is 21.5. The molecule has 0 saturated heterocycles. The number of hydrogen-bond donors (Lipinski definition) is 4. The van der Waals surface area contributed by atoms with E-state index >= 15 is 0 Å². The van der Waals surface area contributed by atoms with Crippen molar-refractivity contribution in [1.29, 1.82) is 0 Å². The van der Waals surface area contributed by atoms with E-state index in [1.54, 1.807) is 0 Å². The smallest absolute Gasteiger partial charge is 0.303 e. The predicted octanol–water partition coefficient (Wildman–Crippen LogP) is 14.3. The zero-order valence-electron chi connectivity index (χ0n) is 33.2. The van der Waals surface area contributed by atoms with Gasteiger partial charge in [-0.1, -0.05) is 232 Å². The molecule has 10 heteroatoms. The van der Waals surface area contributed by atoms with Crippen molar-refractivity contribution in [2.75, 3.05) is 13.2 Å². The van der Waals surface area contributed by atoms with Crippen molar-refractivity contribution < 1.29 is 37.8 Å². The summed E-state index contributed by atoms with van der Waals surface area (Å²) in [6, 6.07) is 0. The third-order valence-corrected chi connectivity index (χ3v) is 10.6. The lowest BCUT2D eigenvalue weighted by molar-refractivity contribution is 0.191. The van der Waals surface area contributed by atoms with Crippen molar-refractivity contribution >= 4 is 15.6 Å². The van der Waals surface area contributed by atoms with Crippen LogP contribution in [0.4, 0.5) is 0 Å². The fourth-order valence-electron chi connectivity index (χ4n) is 6.37. The molecule has 0 aromatic carbocycles. The molecule has 0 rings (SSSR count). The zero-order chi connectivity index (χ0) is 37.3. The highest BCUT2D eigenvalue weighted by atomic mass is 31.2. The van der Waals surface area contributed by atoms with E-state index in [1.807, 2.05) is 0 Å². The summed E-state index contributed by atoms with van der Waals surface area (Å²) in [6.45, 7) is 4.88. The van der Waals surface area contributed by atoms with Crippen molar-refractivity contribution in [3.05, 3.63) is 0 Å². The Morgan fingerprint density at radius 2 is 0.420 bits per heavy atom. The van der Waals surface area contributed by atoms with E-state index in [9.17, 15) is 9.13 Å². The van der Waals surface area contributed by atoms with E-state index in [0.717, 1.165) is 38.5 Å². The van der Waals surface area contributed by atoms with Gasteiger partial charge in [0, 0.05) is 0 Å². The van der Waals surface area contributed by atoms with Crippen LogP contribution >= 0.6 is 15.6 Å². The van der Waals surface area contributed by atoms with E-state index in [4.69, 9.17) is 19.6 Å². The summed E-state index contributed by atoms with van der Waals surface area (Å²) in [5.41, 5.74) is 0. The van der Waals surface area contributed by atoms with Crippen LogP contribution in [-0.2, 0) is 18.2 Å². The first-order valence-corrected chi connectivity index (χ1v) is 24.6. The van der Waals surface area contributed by atoms with E-state index in [1.165, 1.54) is 193 Å². The molecule has 8 nitrogen and oxygen atoms in total. The molecule has 304 valence electrons. The molecule has 0 bridgehead atoms. The largest absolute Gasteiger partial charge is 0.469 e. The molecule has 0 spiro atoms. The highest BCUT2D eigenvalue weighted by molar-refractivity contribution is 7.46. The Hall–Kier alpha value is 0.220. The van der Waals surface area contributed by atoms with Gasteiger partial charge in [0.2, 0.25) is 0 Å². The van der Waals surface area contributed by atoms with Gasteiger partial charge in [-0.25, -0.2) is 9.13 Å². The Bertz CT molecular complexity index is 668. The number of phosphoric ester groups is 2. The maximum Gasteiger partial charge on any atom is 0.469 e. The first kappa shape index (κ1) is 52.3. The molecule has 4 N–H and O–H groups in total. The normalized spacial score (nSPS) is 12.0. The minimum atomic E-state index is -4.26. The van der Waals surface area contributed by atoms with E-state index in [-0.39, 0.29) is 13.2 Å². The quantitative estimate of drug-likeness (QED) is 0.0359. The molecule has 0 heterocycles. The number of rotatable bonds is 40. The lowest BCUT2D eigenvalue weighted by Gasteiger charge is -2.05. The molecule has 0 saturated carbocycles. The molecule has 0 atom stereocenters. The molecule has 0 aliphatic carbocycles. The average Bonchev–Trinajstić information content (AvgIpc) is 3.06. The summed E-state index contributed by atoms with van der Waals surface area (Å²) in [7, 11) is -8.52. The van der Waals surface area contributed by atoms with Gasteiger partial charge in [0.1, 0.15) is 0 Å². The van der Waals surface area contributed by atoms with Crippen LogP contribution in [0.1, 0.15) is 245 Å². The highest BCUT2D eigenvalue weighted by Crippen LogP contribution is 2.36. The third-order valence-electron chi connectivity index (χ3n) is 9.51. The predicted molar refractivity (Wildman–Crippen MR) is 214 cm³/mol. The molecule has 50 heavy (non-hydrogen) atoms. The van der Waals surface area contributed by atoms with Crippen molar-refractivity contribution in [3.8, 4) is 0 Å². The van der Waals surface area contributed by atoms with Gasteiger partial charge < -0.3 is 19.6 Å². The second kappa shape index (κ2) is 42.0. The van der Waals surface area contributed by atoms with E-state index in [2.05, 4.69) is 22.9 Å². The Morgan fingerprint density at radius 3 is 0.560 bits per heavy atom. The van der Waals surface area contributed by atoms with E-state index < -0.39 is 15.6 Å². The highest BCUT2D eigenvalue weighted by Gasteiger charge is 2.13. The maximum atomic E-state index is 10.5. The lowest BCUT2D eigenvalue weighted by Crippen LogP contribution is -1.92. The fraction of sp³-hybridized carbons (Fsp3) is 1.00. The van der Waals surface area contributed by atoms with Crippen molar-refractivity contribution in [3.63, 3.8) is 0 Å². The van der Waals surface area contributed by atoms with Crippen LogP contribution in [0.5, 0.6) is 0 Å². The Balaban J connectivity index is 0. The molecule has 0 aliphatic rings. The molecule has 0 fully saturated rings. The molecular weight excluding hydrogens is 670 g/mol. The summed E-state index contributed by atoms with van der Waals surface area (Å²) >= 11 is 0. The van der Waals surface area contributed by atoms with Gasteiger partial charge in [-0.15, -0.1) is 0 Å². The van der Waals surface area contributed by atoms with Crippen LogP contribution in [0.15, 0.2) is 0 Å². The van der Waals surface area contributed by atoms with Crippen LogP contribution in [0, 0.1) is 0 Å². The van der Waals surface area contributed by atoms with Crippen LogP contribution in [0.3, 0.4) is 0 Å². The van der Waals surface area contributed by atoms with Crippen molar-refractivity contribution in [2.45, 2.75) is 245 Å². The van der Waals surface area contributed by atoms with Gasteiger partial charge in [0.15, 0.2) is 0 Å². The summed E-state index contributed by atoms with van der Waals surface area (Å²) < 4.78 is 29.8. The zero-order valence-corrected chi connectivity index (χ0v) is 35.0. The second-order valence-corrected chi connectivity index (χ2v) is 17.1. The number of phosphoric acid groups is 2. The Kier molecular flexibility index (Phi) is 43.9. The summed E-state index contributed by atoms with van der Waals surface area (Å²) in [6.07, 6.45) is 47.2. The minimum absolute atomic E-state index is 0.170. The Labute approximate surface area is 310 Å². The number of unbranched alkanes of at least 4 members (excludes halogenated alkanes) is 34. The van der Waals surface area contributed by atoms with Gasteiger partial charge in [-0.2, -0.15) is 0 Å². The van der Waals surface area contributed by atoms with Crippen LogP contribution in [-0.4, -0.2) is 32.8 Å². The van der Waals surface area contributed by atoms with Gasteiger partial charge in [0.05, 0.1) is 13.2 Å². The van der Waals surface area contributed by atoms with E-state index in [0.29, 0.717) is 0 Å². The second-order valence-electron chi connectivity index (χ2n) is 14.7. The van der Waals surface area contributed by atoms with Crippen LogP contribution < -0.4 is 0 Å². The first-order chi connectivity index (χ1) is 24.1. The summed E-state index contributed by atoms with van der Waals surface area (Å²) in [5.74, 6) is 0. The van der Waals surface area contributed by atoms with Crippen molar-refractivity contribution in [1.82, 2.24) is 0 Å². The standard InChI is InChI=1S/2C20H43O4P/c2*1-2-3-4-5-6-7-8-9-10-11-12-13-14-15-16-17-18-19-20-24-25(21,22)23/h2*2-20H2,1H3,(H2,21,22,23). The van der Waals surface area contributed by atoms with Crippen molar-refractivity contribution in [2.24, 2.45) is 0 Å². The van der Waals surface area contributed by atoms with Gasteiger partial charge in [-0.3, -0.25) is 9.05 Å². The van der Waals surface area contributed by atoms with Gasteiger partial charge >= 0.3 is 15.6 Å². The van der Waals surface area contributed by atoms with Gasteiger partial charge in [0.25, 0.3) is 0 Å².